The van der Waals surface area contributed by atoms with Crippen molar-refractivity contribution in [2.75, 3.05) is 12.4 Å². The van der Waals surface area contributed by atoms with Gasteiger partial charge in [0, 0.05) is 0 Å². The van der Waals surface area contributed by atoms with E-state index in [9.17, 15) is 4.55 Å². The van der Waals surface area contributed by atoms with Crippen LogP contribution in [0.3, 0.4) is 0 Å². The lowest BCUT2D eigenvalue weighted by molar-refractivity contribution is 0.0454. The van der Waals surface area contributed by atoms with Crippen molar-refractivity contribution in [3.63, 3.8) is 0 Å². The zero-order valence-electron chi connectivity index (χ0n) is 9.45. The van der Waals surface area contributed by atoms with Gasteiger partial charge in [-0.05, 0) is 24.0 Å². The monoisotopic (exact) mass is 230 g/mol. The van der Waals surface area contributed by atoms with Gasteiger partial charge in [0.25, 0.3) is 0 Å². The molecule has 0 aromatic carbocycles. The summed E-state index contributed by atoms with van der Waals surface area (Å²) in [6.45, 7) is 4.11. The van der Waals surface area contributed by atoms with Crippen LogP contribution in [0.25, 0.3) is 0 Å². The number of rotatable bonds is 5. The molecule has 0 aliphatic heterocycles. The van der Waals surface area contributed by atoms with Gasteiger partial charge in [0.2, 0.25) is 0 Å². The molecule has 0 amide bonds. The molecule has 1 aliphatic carbocycles. The van der Waals surface area contributed by atoms with Gasteiger partial charge in [0.15, 0.2) is 0 Å². The van der Waals surface area contributed by atoms with Crippen molar-refractivity contribution in [2.45, 2.75) is 51.0 Å². The summed E-state index contributed by atoms with van der Waals surface area (Å²) < 4.78 is 16.8. The van der Waals surface area contributed by atoms with E-state index in [0.29, 0.717) is 18.5 Å². The molecule has 0 aromatic rings. The molecule has 0 bridgehead atoms. The molecule has 1 atom stereocenters. The maximum atomic E-state index is 11.1. The standard InChI is InChI=1S/C12H22O2S/c1-2-15(13)11-10-14-12-8-6-4-3-5-7-9-12/h2,12H,1,3-11H2. The van der Waals surface area contributed by atoms with Crippen LogP contribution in [0.4, 0.5) is 0 Å². The predicted molar refractivity (Wildman–Crippen MR) is 65.3 cm³/mol. The lowest BCUT2D eigenvalue weighted by Gasteiger charge is -2.20. The van der Waals surface area contributed by atoms with Gasteiger partial charge in [-0.3, -0.25) is 0 Å². The minimum atomic E-state index is -0.900. The van der Waals surface area contributed by atoms with E-state index >= 15 is 0 Å². The molecule has 0 radical (unpaired) electrons. The van der Waals surface area contributed by atoms with Crippen LogP contribution >= 0.6 is 0 Å². The quantitative estimate of drug-likeness (QED) is 0.680. The molecule has 1 aliphatic rings. The molecule has 0 heterocycles. The molecule has 0 saturated heterocycles. The third-order valence-electron chi connectivity index (χ3n) is 2.88. The van der Waals surface area contributed by atoms with Crippen molar-refractivity contribution >= 4 is 11.2 Å². The molecular weight excluding hydrogens is 208 g/mol. The van der Waals surface area contributed by atoms with E-state index in [4.69, 9.17) is 4.74 Å². The molecule has 0 N–H and O–H groups in total. The Bertz CT molecular complexity index is 165. The number of hydrogen-bond donors (Lipinski definition) is 0. The smallest absolute Gasteiger partial charge is 0.133 e. The Morgan fingerprint density at radius 3 is 2.40 bits per heavy atom. The molecular formula is C12H22O2S. The van der Waals surface area contributed by atoms with Crippen LogP contribution in [-0.4, -0.2) is 23.0 Å². The highest BCUT2D eigenvalue weighted by Gasteiger charge is 2.12. The highest BCUT2D eigenvalue weighted by molar-refractivity contribution is 7.94. The van der Waals surface area contributed by atoms with E-state index in [2.05, 4.69) is 6.58 Å². The Morgan fingerprint density at radius 2 is 1.80 bits per heavy atom. The first-order valence-corrected chi connectivity index (χ1v) is 7.32. The lowest BCUT2D eigenvalue weighted by atomic mass is 9.99. The average molecular weight is 230 g/mol. The minimum Gasteiger partial charge on any atom is -0.612 e. The number of hydrogen-bond acceptors (Lipinski definition) is 2. The van der Waals surface area contributed by atoms with Crippen LogP contribution in [0.1, 0.15) is 44.9 Å². The first-order chi connectivity index (χ1) is 7.33. The normalized spacial score (nSPS) is 21.7. The molecule has 88 valence electrons. The zero-order chi connectivity index (χ0) is 10.9. The van der Waals surface area contributed by atoms with E-state index in [1.807, 2.05) is 0 Å². The fourth-order valence-corrected chi connectivity index (χ4v) is 2.39. The second kappa shape index (κ2) is 8.20. The van der Waals surface area contributed by atoms with Crippen LogP contribution in [-0.2, 0) is 15.9 Å². The lowest BCUT2D eigenvalue weighted by Crippen LogP contribution is -2.19. The maximum absolute atomic E-state index is 11.1. The summed E-state index contributed by atoms with van der Waals surface area (Å²) in [5, 5.41) is 1.49. The van der Waals surface area contributed by atoms with Gasteiger partial charge in [0.05, 0.1) is 12.7 Å². The van der Waals surface area contributed by atoms with Gasteiger partial charge in [-0.25, -0.2) is 0 Å². The summed E-state index contributed by atoms with van der Waals surface area (Å²) in [5.41, 5.74) is 0. The Balaban J connectivity index is 2.09. The minimum absolute atomic E-state index is 0.409. The van der Waals surface area contributed by atoms with Crippen LogP contribution in [0, 0.1) is 0 Å². The Morgan fingerprint density at radius 1 is 1.20 bits per heavy atom. The van der Waals surface area contributed by atoms with Crippen molar-refractivity contribution in [2.24, 2.45) is 0 Å². The summed E-state index contributed by atoms with van der Waals surface area (Å²) in [5.74, 6) is 0.597. The molecule has 1 rings (SSSR count). The van der Waals surface area contributed by atoms with Crippen LogP contribution in [0.2, 0.25) is 0 Å². The zero-order valence-corrected chi connectivity index (χ0v) is 10.3. The van der Waals surface area contributed by atoms with Crippen LogP contribution in [0.5, 0.6) is 0 Å². The van der Waals surface area contributed by atoms with Gasteiger partial charge in [-0.15, -0.1) is 0 Å². The summed E-state index contributed by atoms with van der Waals surface area (Å²) >= 11 is -0.900. The fraction of sp³-hybridized carbons (Fsp3) is 0.833. The molecule has 1 saturated carbocycles. The summed E-state index contributed by atoms with van der Waals surface area (Å²) in [4.78, 5) is 0. The maximum Gasteiger partial charge on any atom is 0.133 e. The van der Waals surface area contributed by atoms with E-state index in [1.165, 1.54) is 50.4 Å². The third kappa shape index (κ3) is 6.23. The molecule has 1 fully saturated rings. The molecule has 2 nitrogen and oxygen atoms in total. The highest BCUT2D eigenvalue weighted by atomic mass is 32.2. The molecule has 0 aromatic heterocycles. The van der Waals surface area contributed by atoms with E-state index in [0.717, 1.165) is 0 Å². The second-order valence-corrected chi connectivity index (χ2v) is 5.59. The van der Waals surface area contributed by atoms with Gasteiger partial charge >= 0.3 is 0 Å². The molecule has 3 heteroatoms. The molecule has 1 unspecified atom stereocenters. The molecule has 0 spiro atoms. The summed E-state index contributed by atoms with van der Waals surface area (Å²) in [6.07, 6.45) is 9.42. The van der Waals surface area contributed by atoms with Crippen molar-refractivity contribution in [1.82, 2.24) is 0 Å². The molecule has 15 heavy (non-hydrogen) atoms. The van der Waals surface area contributed by atoms with Crippen LogP contribution < -0.4 is 0 Å². The van der Waals surface area contributed by atoms with E-state index in [-0.39, 0.29) is 0 Å². The van der Waals surface area contributed by atoms with Crippen molar-refractivity contribution in [3.8, 4) is 0 Å². The Hall–Kier alpha value is 0.01000. The first-order valence-electron chi connectivity index (χ1n) is 5.94. The first kappa shape index (κ1) is 13.1. The van der Waals surface area contributed by atoms with Gasteiger partial charge in [-0.1, -0.05) is 38.7 Å². The van der Waals surface area contributed by atoms with Gasteiger partial charge in [-0.2, -0.15) is 0 Å². The second-order valence-electron chi connectivity index (χ2n) is 4.09. The predicted octanol–water partition coefficient (Wildman–Crippen LogP) is 3.01. The fourth-order valence-electron chi connectivity index (χ4n) is 1.97. The SMILES string of the molecule is C=C[S+]([O-])CCOC1CCCCCCC1. The Labute approximate surface area is 96.3 Å². The largest absolute Gasteiger partial charge is 0.612 e. The van der Waals surface area contributed by atoms with Crippen molar-refractivity contribution in [1.29, 1.82) is 0 Å². The number of ether oxygens (including phenoxy) is 1. The van der Waals surface area contributed by atoms with Crippen LogP contribution in [0.15, 0.2) is 12.0 Å². The Kier molecular flexibility index (Phi) is 7.14. The van der Waals surface area contributed by atoms with Gasteiger partial charge < -0.3 is 9.29 Å². The van der Waals surface area contributed by atoms with E-state index < -0.39 is 11.2 Å². The topological polar surface area (TPSA) is 32.3 Å². The van der Waals surface area contributed by atoms with E-state index in [1.54, 1.807) is 0 Å². The third-order valence-corrected chi connectivity index (χ3v) is 3.82. The average Bonchev–Trinajstić information content (AvgIpc) is 2.20. The summed E-state index contributed by atoms with van der Waals surface area (Å²) in [6, 6.07) is 0. The van der Waals surface area contributed by atoms with Crippen molar-refractivity contribution < 1.29 is 9.29 Å². The van der Waals surface area contributed by atoms with Gasteiger partial charge in [0.1, 0.15) is 11.2 Å². The summed E-state index contributed by atoms with van der Waals surface area (Å²) in [7, 11) is 0. The van der Waals surface area contributed by atoms with Crippen molar-refractivity contribution in [3.05, 3.63) is 12.0 Å². The highest BCUT2D eigenvalue weighted by Crippen LogP contribution is 2.19.